The van der Waals surface area contributed by atoms with Crippen LogP contribution in [0.4, 0.5) is 0 Å². The quantitative estimate of drug-likeness (QED) is 0.716. The van der Waals surface area contributed by atoms with E-state index in [-0.39, 0.29) is 0 Å². The minimum atomic E-state index is 0.651. The van der Waals surface area contributed by atoms with Gasteiger partial charge >= 0.3 is 0 Å². The van der Waals surface area contributed by atoms with Crippen LogP contribution in [0, 0.1) is 0 Å². The number of ether oxygens (including phenoxy) is 1. The molecule has 1 aromatic heterocycles. The fourth-order valence-electron chi connectivity index (χ4n) is 1.15. The Bertz CT molecular complexity index is 450. The average Bonchev–Trinajstić information content (AvgIpc) is 2.47. The second kappa shape index (κ2) is 3.37. The zero-order valence-electron chi connectivity index (χ0n) is 6.80. The van der Waals surface area contributed by atoms with E-state index in [1.54, 1.807) is 13.2 Å². The maximum absolute atomic E-state index is 6.00. The first kappa shape index (κ1) is 9.13. The number of benzene rings is 1. The predicted octanol–water partition coefficient (Wildman–Crippen LogP) is 4.22. The number of rotatable bonds is 1. The summed E-state index contributed by atoms with van der Waals surface area (Å²) in [5, 5.41) is 3.20. The van der Waals surface area contributed by atoms with Gasteiger partial charge in [0, 0.05) is 5.02 Å². The van der Waals surface area contributed by atoms with Crippen LogP contribution in [0.15, 0.2) is 18.2 Å². The Balaban J connectivity index is 2.75. The van der Waals surface area contributed by atoms with Crippen LogP contribution in [0.3, 0.4) is 0 Å². The van der Waals surface area contributed by atoms with Crippen LogP contribution in [-0.2, 0) is 0 Å². The van der Waals surface area contributed by atoms with Crippen molar-refractivity contribution in [3.63, 3.8) is 0 Å². The van der Waals surface area contributed by atoms with Gasteiger partial charge in [0.05, 0.1) is 16.8 Å². The van der Waals surface area contributed by atoms with Gasteiger partial charge in [0.2, 0.25) is 0 Å². The highest BCUT2D eigenvalue weighted by atomic mass is 35.5. The van der Waals surface area contributed by atoms with Gasteiger partial charge in [-0.05, 0) is 23.6 Å². The third-order valence-corrected chi connectivity index (χ3v) is 3.49. The van der Waals surface area contributed by atoms with E-state index in [1.165, 1.54) is 11.3 Å². The van der Waals surface area contributed by atoms with Crippen molar-refractivity contribution < 1.29 is 4.74 Å². The van der Waals surface area contributed by atoms with E-state index in [2.05, 4.69) is 0 Å². The molecule has 0 aliphatic heterocycles. The lowest BCUT2D eigenvalue weighted by molar-refractivity contribution is 0.427. The number of fused-ring (bicyclic) bond motifs is 1. The van der Waals surface area contributed by atoms with Gasteiger partial charge in [0.25, 0.3) is 0 Å². The minimum absolute atomic E-state index is 0.651. The zero-order valence-corrected chi connectivity index (χ0v) is 9.13. The van der Waals surface area contributed by atoms with E-state index in [1.807, 2.05) is 12.1 Å². The lowest BCUT2D eigenvalue weighted by atomic mass is 10.3. The summed E-state index contributed by atoms with van der Waals surface area (Å²) in [4.78, 5) is 0. The monoisotopic (exact) mass is 232 g/mol. The van der Waals surface area contributed by atoms with Crippen LogP contribution in [0.1, 0.15) is 0 Å². The summed E-state index contributed by atoms with van der Waals surface area (Å²) in [5.74, 6) is 0. The third-order valence-electron chi connectivity index (χ3n) is 1.71. The van der Waals surface area contributed by atoms with Gasteiger partial charge in [-0.15, -0.1) is 0 Å². The van der Waals surface area contributed by atoms with Crippen molar-refractivity contribution in [3.8, 4) is 5.06 Å². The summed E-state index contributed by atoms with van der Waals surface area (Å²) in [6.45, 7) is 0. The average molecular weight is 233 g/mol. The standard InChI is InChI=1S/C9H6Cl2OS/c1-12-8-3-5-2-6(10)4-7(11)9(5)13-8/h2-4H,1H3. The second-order valence-corrected chi connectivity index (χ2v) is 4.43. The lowest BCUT2D eigenvalue weighted by Gasteiger charge is -1.93. The zero-order chi connectivity index (χ0) is 9.42. The molecule has 68 valence electrons. The molecular formula is C9H6Cl2OS. The van der Waals surface area contributed by atoms with Crippen LogP contribution in [-0.4, -0.2) is 7.11 Å². The van der Waals surface area contributed by atoms with Crippen molar-refractivity contribution in [3.05, 3.63) is 28.2 Å². The van der Waals surface area contributed by atoms with Gasteiger partial charge in [0.1, 0.15) is 0 Å². The summed E-state index contributed by atoms with van der Waals surface area (Å²) in [7, 11) is 1.64. The molecule has 4 heteroatoms. The second-order valence-electron chi connectivity index (χ2n) is 2.58. The third kappa shape index (κ3) is 1.62. The number of halogens is 2. The molecule has 0 amide bonds. The summed E-state index contributed by atoms with van der Waals surface area (Å²) < 4.78 is 6.13. The molecule has 0 atom stereocenters. The van der Waals surface area contributed by atoms with Gasteiger partial charge in [-0.1, -0.05) is 34.5 Å². The molecule has 0 bridgehead atoms. The molecule has 13 heavy (non-hydrogen) atoms. The highest BCUT2D eigenvalue weighted by Crippen LogP contribution is 2.37. The molecule has 1 heterocycles. The van der Waals surface area contributed by atoms with Crippen LogP contribution in [0.5, 0.6) is 5.06 Å². The lowest BCUT2D eigenvalue weighted by Crippen LogP contribution is -1.73. The van der Waals surface area contributed by atoms with E-state index in [9.17, 15) is 0 Å². The Labute approximate surface area is 89.8 Å². The van der Waals surface area contributed by atoms with E-state index >= 15 is 0 Å². The fourth-order valence-corrected chi connectivity index (χ4v) is 2.64. The molecule has 0 spiro atoms. The van der Waals surface area contributed by atoms with Crippen LogP contribution in [0.25, 0.3) is 10.1 Å². The summed E-state index contributed by atoms with van der Waals surface area (Å²) in [6.07, 6.45) is 0. The number of thiophene rings is 1. The molecule has 0 radical (unpaired) electrons. The number of methoxy groups -OCH3 is 1. The van der Waals surface area contributed by atoms with E-state index < -0.39 is 0 Å². The largest absolute Gasteiger partial charge is 0.487 e. The van der Waals surface area contributed by atoms with Crippen LogP contribution < -0.4 is 4.74 Å². The van der Waals surface area contributed by atoms with Crippen molar-refractivity contribution in [2.24, 2.45) is 0 Å². The minimum Gasteiger partial charge on any atom is -0.487 e. The van der Waals surface area contributed by atoms with Crippen molar-refractivity contribution in [1.29, 1.82) is 0 Å². The van der Waals surface area contributed by atoms with Gasteiger partial charge in [-0.25, -0.2) is 0 Å². The molecular weight excluding hydrogens is 227 g/mol. The van der Waals surface area contributed by atoms with Gasteiger partial charge in [-0.3, -0.25) is 0 Å². The Morgan fingerprint density at radius 2 is 2.00 bits per heavy atom. The highest BCUT2D eigenvalue weighted by Gasteiger charge is 2.06. The SMILES string of the molecule is COc1cc2cc(Cl)cc(Cl)c2s1. The molecule has 0 N–H and O–H groups in total. The maximum Gasteiger partial charge on any atom is 0.174 e. The highest BCUT2D eigenvalue weighted by molar-refractivity contribution is 7.21. The Morgan fingerprint density at radius 3 is 2.69 bits per heavy atom. The van der Waals surface area contributed by atoms with Gasteiger partial charge < -0.3 is 4.74 Å². The van der Waals surface area contributed by atoms with E-state index in [0.717, 1.165) is 15.1 Å². The molecule has 2 rings (SSSR count). The number of hydrogen-bond donors (Lipinski definition) is 0. The summed E-state index contributed by atoms with van der Waals surface area (Å²) in [5.41, 5.74) is 0. The van der Waals surface area contributed by atoms with Crippen LogP contribution >= 0.6 is 34.5 Å². The molecule has 1 nitrogen and oxygen atoms in total. The number of hydrogen-bond acceptors (Lipinski definition) is 2. The molecule has 0 aliphatic carbocycles. The predicted molar refractivity (Wildman–Crippen MR) is 58.4 cm³/mol. The molecule has 0 saturated heterocycles. The topological polar surface area (TPSA) is 9.23 Å². The van der Waals surface area contributed by atoms with Gasteiger partial charge in [-0.2, -0.15) is 0 Å². The normalized spacial score (nSPS) is 10.7. The van der Waals surface area contributed by atoms with Crippen molar-refractivity contribution >= 4 is 44.6 Å². The molecule has 0 aliphatic rings. The van der Waals surface area contributed by atoms with Crippen LogP contribution in [0.2, 0.25) is 10.0 Å². The van der Waals surface area contributed by atoms with Crippen molar-refractivity contribution in [2.45, 2.75) is 0 Å². The van der Waals surface area contributed by atoms with E-state index in [4.69, 9.17) is 27.9 Å². The first-order chi connectivity index (χ1) is 6.20. The first-order valence-electron chi connectivity index (χ1n) is 3.63. The molecule has 0 unspecified atom stereocenters. The molecule has 2 aromatic rings. The fraction of sp³-hybridized carbons (Fsp3) is 0.111. The summed E-state index contributed by atoms with van der Waals surface area (Å²) >= 11 is 13.4. The van der Waals surface area contributed by atoms with E-state index in [0.29, 0.717) is 10.0 Å². The Hall–Kier alpha value is -0.440. The van der Waals surface area contributed by atoms with Crippen molar-refractivity contribution in [2.75, 3.05) is 7.11 Å². The smallest absolute Gasteiger partial charge is 0.174 e. The Kier molecular flexibility index (Phi) is 2.37. The van der Waals surface area contributed by atoms with Gasteiger partial charge in [0.15, 0.2) is 5.06 Å². The molecule has 0 saturated carbocycles. The Morgan fingerprint density at radius 1 is 1.23 bits per heavy atom. The van der Waals surface area contributed by atoms with Crippen molar-refractivity contribution in [1.82, 2.24) is 0 Å². The molecule has 0 fully saturated rings. The molecule has 1 aromatic carbocycles. The summed E-state index contributed by atoms with van der Waals surface area (Å²) in [6, 6.07) is 5.54. The maximum atomic E-state index is 6.00. The first-order valence-corrected chi connectivity index (χ1v) is 5.20.